The van der Waals surface area contributed by atoms with Crippen LogP contribution in [0.2, 0.25) is 0 Å². The number of halogens is 2. The maximum atomic E-state index is 14.9. The Morgan fingerprint density at radius 2 is 1.78 bits per heavy atom. The Bertz CT molecular complexity index is 1480. The van der Waals surface area contributed by atoms with Gasteiger partial charge in [-0.15, -0.1) is 11.3 Å². The Hall–Kier alpha value is -2.26. The summed E-state index contributed by atoms with van der Waals surface area (Å²) in [5, 5.41) is 10.9. The van der Waals surface area contributed by atoms with E-state index >= 15 is 0 Å². The lowest BCUT2D eigenvalue weighted by molar-refractivity contribution is 0.443. The van der Waals surface area contributed by atoms with Gasteiger partial charge in [0.25, 0.3) is 0 Å². The second kappa shape index (κ2) is 9.89. The third-order valence-corrected chi connectivity index (χ3v) is 11.2. The van der Waals surface area contributed by atoms with Gasteiger partial charge in [-0.05, 0) is 77.4 Å². The molecule has 0 fully saturated rings. The maximum Gasteiger partial charge on any atom is 0.171 e. The number of sulfone groups is 1. The zero-order valence-electron chi connectivity index (χ0n) is 21.0. The maximum absolute atomic E-state index is 14.9. The smallest absolute Gasteiger partial charge is 0.171 e. The van der Waals surface area contributed by atoms with Crippen molar-refractivity contribution in [2.75, 3.05) is 5.75 Å². The van der Waals surface area contributed by atoms with Gasteiger partial charge in [-0.25, -0.2) is 31.1 Å². The molecule has 0 aliphatic heterocycles. The highest BCUT2D eigenvalue weighted by molar-refractivity contribution is 7.93. The van der Waals surface area contributed by atoms with Crippen LogP contribution in [0.4, 0.5) is 8.78 Å². The highest BCUT2D eigenvalue weighted by atomic mass is 32.2. The first-order valence-electron chi connectivity index (χ1n) is 11.1. The first-order chi connectivity index (χ1) is 16.5. The van der Waals surface area contributed by atoms with Gasteiger partial charge in [-0.3, -0.25) is 0 Å². The van der Waals surface area contributed by atoms with Crippen molar-refractivity contribution in [3.05, 3.63) is 64.2 Å². The quantitative estimate of drug-likeness (QED) is 0.419. The van der Waals surface area contributed by atoms with Gasteiger partial charge in [0.05, 0.1) is 48.3 Å². The minimum Gasteiger partial charge on any atom is -0.242 e. The summed E-state index contributed by atoms with van der Waals surface area (Å²) in [6.07, 6.45) is -0.136. The van der Waals surface area contributed by atoms with E-state index in [4.69, 9.17) is 0 Å². The van der Waals surface area contributed by atoms with Crippen LogP contribution in [0.1, 0.15) is 50.8 Å². The van der Waals surface area contributed by atoms with Crippen molar-refractivity contribution in [1.82, 2.24) is 9.71 Å². The number of aromatic nitrogens is 1. The SMILES string of the molecule is Cc1nc2cc(CC(C)(C#N)S(=O)(=O)CC(C)(NS(=O)C(C)(C)C)c3cc(F)ccc3F)ccc2s1. The summed E-state index contributed by atoms with van der Waals surface area (Å²) < 4.78 is 70.5. The summed E-state index contributed by atoms with van der Waals surface area (Å²) in [6, 6.07) is 9.97. The van der Waals surface area contributed by atoms with Crippen molar-refractivity contribution < 1.29 is 21.4 Å². The Balaban J connectivity index is 2.05. The van der Waals surface area contributed by atoms with E-state index in [2.05, 4.69) is 9.71 Å². The van der Waals surface area contributed by atoms with Crippen molar-refractivity contribution in [3.8, 4) is 6.07 Å². The van der Waals surface area contributed by atoms with Gasteiger partial charge in [-0.2, -0.15) is 5.26 Å². The molecule has 194 valence electrons. The highest BCUT2D eigenvalue weighted by Crippen LogP contribution is 2.34. The van der Waals surface area contributed by atoms with Gasteiger partial charge in [0, 0.05) is 12.0 Å². The number of hydrogen-bond donors (Lipinski definition) is 1. The summed E-state index contributed by atoms with van der Waals surface area (Å²) in [5.74, 6) is -2.41. The van der Waals surface area contributed by atoms with Crippen LogP contribution in [0.3, 0.4) is 0 Å². The van der Waals surface area contributed by atoms with Crippen molar-refractivity contribution >= 4 is 42.4 Å². The second-order valence-electron chi connectivity index (χ2n) is 10.3. The molecule has 3 aromatic rings. The molecule has 1 aromatic heterocycles. The van der Waals surface area contributed by atoms with Gasteiger partial charge >= 0.3 is 0 Å². The topological polar surface area (TPSA) is 99.9 Å². The molecule has 3 atom stereocenters. The predicted molar refractivity (Wildman–Crippen MR) is 141 cm³/mol. The number of fused-ring (bicyclic) bond motifs is 1. The van der Waals surface area contributed by atoms with Crippen LogP contribution in [0.25, 0.3) is 10.2 Å². The van der Waals surface area contributed by atoms with Crippen LogP contribution in [0.15, 0.2) is 36.4 Å². The Morgan fingerprint density at radius 1 is 1.11 bits per heavy atom. The number of nitrogens with one attached hydrogen (secondary N) is 1. The summed E-state index contributed by atoms with van der Waals surface area (Å²) in [6.45, 7) is 9.54. The van der Waals surface area contributed by atoms with Gasteiger partial charge in [0.1, 0.15) is 11.6 Å². The lowest BCUT2D eigenvalue weighted by Crippen LogP contribution is -2.53. The molecule has 0 spiro atoms. The standard InChI is InChI=1S/C25H29F2N3O3S3/c1-16-29-21-11-17(7-10-22(21)34-16)13-24(5,14-28)36(32,33)15-25(6,30-35(31)23(2,3)4)19-12-18(26)8-9-20(19)27/h7-12,30H,13,15H2,1-6H3. The molecule has 0 saturated carbocycles. The molecule has 3 rings (SSSR count). The third-order valence-electron chi connectivity index (χ3n) is 5.90. The van der Waals surface area contributed by atoms with E-state index < -0.39 is 53.2 Å². The minimum atomic E-state index is -4.31. The molecular weight excluding hydrogens is 524 g/mol. The number of aryl methyl sites for hydroxylation is 1. The van der Waals surface area contributed by atoms with Gasteiger partial charge in [-0.1, -0.05) is 6.07 Å². The number of hydrogen-bond acceptors (Lipinski definition) is 6. The molecule has 0 radical (unpaired) electrons. The van der Waals surface area contributed by atoms with Gasteiger partial charge < -0.3 is 0 Å². The van der Waals surface area contributed by atoms with Crippen molar-refractivity contribution in [3.63, 3.8) is 0 Å². The first-order valence-corrected chi connectivity index (χ1v) is 14.8. The molecule has 1 N–H and O–H groups in total. The Labute approximate surface area is 217 Å². The average molecular weight is 554 g/mol. The van der Waals surface area contributed by atoms with E-state index in [0.717, 1.165) is 27.9 Å². The number of benzene rings is 2. The summed E-state index contributed by atoms with van der Waals surface area (Å²) in [4.78, 5) is 4.43. The van der Waals surface area contributed by atoms with E-state index in [1.807, 2.05) is 19.1 Å². The molecule has 0 aliphatic rings. The molecule has 36 heavy (non-hydrogen) atoms. The van der Waals surface area contributed by atoms with Crippen LogP contribution >= 0.6 is 11.3 Å². The predicted octanol–water partition coefficient (Wildman–Crippen LogP) is 5.09. The summed E-state index contributed by atoms with van der Waals surface area (Å²) >= 11 is 1.51. The van der Waals surface area contributed by atoms with Crippen LogP contribution in [0, 0.1) is 29.9 Å². The molecule has 11 heteroatoms. The molecule has 0 amide bonds. The molecule has 6 nitrogen and oxygen atoms in total. The molecule has 0 bridgehead atoms. The van der Waals surface area contributed by atoms with Crippen LogP contribution in [-0.4, -0.2) is 32.9 Å². The number of nitriles is 1. The lowest BCUT2D eigenvalue weighted by Gasteiger charge is -2.36. The number of thiazole rings is 1. The Kier molecular flexibility index (Phi) is 7.78. The van der Waals surface area contributed by atoms with Crippen LogP contribution < -0.4 is 4.72 Å². The third kappa shape index (κ3) is 5.83. The first kappa shape index (κ1) is 28.3. The van der Waals surface area contributed by atoms with Crippen LogP contribution in [-0.2, 0) is 32.8 Å². The van der Waals surface area contributed by atoms with E-state index in [0.29, 0.717) is 11.1 Å². The van der Waals surface area contributed by atoms with Gasteiger partial charge in [0.2, 0.25) is 0 Å². The van der Waals surface area contributed by atoms with Crippen molar-refractivity contribution in [2.45, 2.75) is 63.0 Å². The molecular formula is C25H29F2N3O3S3. The molecule has 1 heterocycles. The fourth-order valence-electron chi connectivity index (χ4n) is 3.79. The highest BCUT2D eigenvalue weighted by Gasteiger charge is 2.47. The minimum absolute atomic E-state index is 0.136. The summed E-state index contributed by atoms with van der Waals surface area (Å²) in [5.41, 5.74) is -0.771. The molecule has 0 aliphatic carbocycles. The molecule has 0 saturated heterocycles. The van der Waals surface area contributed by atoms with Crippen molar-refractivity contribution in [1.29, 1.82) is 5.26 Å². The Morgan fingerprint density at radius 3 is 2.39 bits per heavy atom. The normalized spacial score (nSPS) is 16.8. The largest absolute Gasteiger partial charge is 0.242 e. The lowest BCUT2D eigenvalue weighted by atomic mass is 9.94. The van der Waals surface area contributed by atoms with Gasteiger partial charge in [0.15, 0.2) is 14.6 Å². The summed E-state index contributed by atoms with van der Waals surface area (Å²) in [7, 11) is -6.14. The fraction of sp³-hybridized carbons (Fsp3) is 0.440. The second-order valence-corrected chi connectivity index (χ2v) is 15.9. The number of nitrogens with zero attached hydrogens (tertiary/aromatic N) is 2. The van der Waals surface area contributed by atoms with E-state index in [1.165, 1.54) is 25.2 Å². The number of rotatable bonds is 8. The van der Waals surface area contributed by atoms with E-state index in [1.54, 1.807) is 32.9 Å². The molecule has 3 unspecified atom stereocenters. The van der Waals surface area contributed by atoms with Crippen molar-refractivity contribution in [2.24, 2.45) is 0 Å². The monoisotopic (exact) mass is 553 g/mol. The van der Waals surface area contributed by atoms with Crippen LogP contribution in [0.5, 0.6) is 0 Å². The zero-order valence-corrected chi connectivity index (χ0v) is 23.4. The van der Waals surface area contributed by atoms with E-state index in [-0.39, 0.29) is 12.0 Å². The average Bonchev–Trinajstić information content (AvgIpc) is 3.13. The zero-order chi connectivity index (χ0) is 27.1. The fourth-order valence-corrected chi connectivity index (χ4v) is 7.41. The molecule has 2 aromatic carbocycles. The van der Waals surface area contributed by atoms with E-state index in [9.17, 15) is 26.7 Å².